The van der Waals surface area contributed by atoms with Crippen LogP contribution in [-0.4, -0.2) is 6.36 Å². The van der Waals surface area contributed by atoms with Crippen molar-refractivity contribution in [2.24, 2.45) is 0 Å². The zero-order valence-corrected chi connectivity index (χ0v) is 17.7. The van der Waals surface area contributed by atoms with E-state index in [1.807, 2.05) is 18.2 Å². The lowest BCUT2D eigenvalue weighted by Gasteiger charge is -2.12. The largest absolute Gasteiger partial charge is 0.573 e. The average Bonchev–Trinajstić information content (AvgIpc) is 2.78. The highest BCUT2D eigenvalue weighted by atomic mass is 19.4. The van der Waals surface area contributed by atoms with Crippen LogP contribution in [0.5, 0.6) is 5.75 Å². The molecule has 7 heteroatoms. The molecule has 0 aliphatic heterocycles. The van der Waals surface area contributed by atoms with Crippen LogP contribution in [0.15, 0.2) is 79.4 Å². The van der Waals surface area contributed by atoms with Gasteiger partial charge in [-0.25, -0.2) is 13.2 Å². The van der Waals surface area contributed by atoms with Crippen LogP contribution in [0.25, 0.3) is 33.0 Å². The number of hydrogen-bond acceptors (Lipinski definition) is 1. The average molecular weight is 472 g/mol. The van der Waals surface area contributed by atoms with Crippen molar-refractivity contribution in [3.05, 3.63) is 102 Å². The molecule has 0 amide bonds. The van der Waals surface area contributed by atoms with Crippen LogP contribution in [0.1, 0.15) is 12.0 Å². The van der Waals surface area contributed by atoms with Crippen molar-refractivity contribution in [3.63, 3.8) is 0 Å². The highest BCUT2D eigenvalue weighted by Gasteiger charge is 2.32. The maximum atomic E-state index is 15.2. The van der Waals surface area contributed by atoms with Gasteiger partial charge in [0.1, 0.15) is 11.6 Å². The zero-order valence-electron chi connectivity index (χ0n) is 17.7. The van der Waals surface area contributed by atoms with E-state index < -0.39 is 29.6 Å². The molecule has 4 aromatic rings. The molecule has 0 aromatic heterocycles. The molecule has 0 aliphatic rings. The van der Waals surface area contributed by atoms with Crippen LogP contribution in [0.2, 0.25) is 0 Å². The van der Waals surface area contributed by atoms with E-state index in [0.29, 0.717) is 5.39 Å². The predicted octanol–water partition coefficient (Wildman–Crippen LogP) is 8.61. The van der Waals surface area contributed by atoms with Crippen molar-refractivity contribution in [2.75, 3.05) is 0 Å². The highest BCUT2D eigenvalue weighted by molar-refractivity contribution is 5.89. The fourth-order valence-corrected chi connectivity index (χ4v) is 3.78. The molecule has 0 bridgehead atoms. The van der Waals surface area contributed by atoms with Crippen LogP contribution in [0.4, 0.5) is 26.3 Å². The minimum Gasteiger partial charge on any atom is -0.403 e. The summed E-state index contributed by atoms with van der Waals surface area (Å²) in [7, 11) is 0. The standard InChI is InChI=1S/C27H18F6O/c1-2-3-4-16-5-9-21-17(13-16)7-11-22(26(21)30)19-6-10-20(23(28)14-19)18-8-12-25(24(29)15-18)34-27(31,32)33/h2,5-15H,1,3-4H2. The Morgan fingerprint density at radius 3 is 2.12 bits per heavy atom. The Balaban J connectivity index is 1.66. The third-order valence-corrected chi connectivity index (χ3v) is 5.40. The first kappa shape index (κ1) is 23.4. The molecule has 0 aliphatic carbocycles. The summed E-state index contributed by atoms with van der Waals surface area (Å²) in [5.74, 6) is -3.58. The van der Waals surface area contributed by atoms with Gasteiger partial charge in [-0.3, -0.25) is 0 Å². The molecule has 0 fully saturated rings. The molecule has 0 radical (unpaired) electrons. The maximum absolute atomic E-state index is 15.2. The maximum Gasteiger partial charge on any atom is 0.573 e. The van der Waals surface area contributed by atoms with Crippen molar-refractivity contribution in [2.45, 2.75) is 19.2 Å². The van der Waals surface area contributed by atoms with E-state index in [4.69, 9.17) is 0 Å². The third-order valence-electron chi connectivity index (χ3n) is 5.40. The molecule has 4 rings (SSSR count). The van der Waals surface area contributed by atoms with E-state index in [1.54, 1.807) is 18.2 Å². The molecule has 0 atom stereocenters. The summed E-state index contributed by atoms with van der Waals surface area (Å²) < 4.78 is 84.7. The number of fused-ring (bicyclic) bond motifs is 1. The van der Waals surface area contributed by atoms with Crippen LogP contribution in [0.3, 0.4) is 0 Å². The van der Waals surface area contributed by atoms with Gasteiger partial charge in [0, 0.05) is 16.5 Å². The second-order valence-electron chi connectivity index (χ2n) is 7.70. The van der Waals surface area contributed by atoms with E-state index in [2.05, 4.69) is 11.3 Å². The molecule has 1 nitrogen and oxygen atoms in total. The Bertz CT molecular complexity index is 1370. The van der Waals surface area contributed by atoms with Crippen molar-refractivity contribution < 1.29 is 31.1 Å². The van der Waals surface area contributed by atoms with Crippen molar-refractivity contribution in [1.82, 2.24) is 0 Å². The van der Waals surface area contributed by atoms with E-state index in [9.17, 15) is 22.0 Å². The van der Waals surface area contributed by atoms with Crippen molar-refractivity contribution in [3.8, 4) is 28.0 Å². The van der Waals surface area contributed by atoms with Gasteiger partial charge in [-0.2, -0.15) is 0 Å². The number of allylic oxidation sites excluding steroid dienone is 1. The molecule has 4 aromatic carbocycles. The third kappa shape index (κ3) is 4.93. The summed E-state index contributed by atoms with van der Waals surface area (Å²) in [6.45, 7) is 3.70. The second-order valence-corrected chi connectivity index (χ2v) is 7.70. The number of aryl methyl sites for hydroxylation is 1. The molecule has 0 spiro atoms. The van der Waals surface area contributed by atoms with Gasteiger partial charge in [0.15, 0.2) is 11.6 Å². The van der Waals surface area contributed by atoms with Gasteiger partial charge in [-0.15, -0.1) is 19.8 Å². The van der Waals surface area contributed by atoms with Crippen LogP contribution in [0, 0.1) is 17.5 Å². The summed E-state index contributed by atoms with van der Waals surface area (Å²) in [5.41, 5.74) is 1.48. The Morgan fingerprint density at radius 1 is 0.765 bits per heavy atom. The molecule has 0 saturated heterocycles. The first-order valence-corrected chi connectivity index (χ1v) is 10.3. The number of rotatable bonds is 6. The van der Waals surface area contributed by atoms with E-state index in [1.165, 1.54) is 12.1 Å². The number of ether oxygens (including phenoxy) is 1. The lowest BCUT2D eigenvalue weighted by molar-refractivity contribution is -0.275. The number of hydrogen-bond donors (Lipinski definition) is 0. The summed E-state index contributed by atoms with van der Waals surface area (Å²) in [6, 6.07) is 15.3. The first-order chi connectivity index (χ1) is 16.2. The minimum absolute atomic E-state index is 0.0158. The van der Waals surface area contributed by atoms with E-state index in [-0.39, 0.29) is 22.3 Å². The van der Waals surface area contributed by atoms with E-state index >= 15 is 4.39 Å². The molecule has 0 N–H and O–H groups in total. The van der Waals surface area contributed by atoms with Gasteiger partial charge in [-0.05, 0) is 53.1 Å². The molecule has 0 heterocycles. The molecule has 0 saturated carbocycles. The van der Waals surface area contributed by atoms with Gasteiger partial charge in [-0.1, -0.05) is 54.6 Å². The Labute approximate surface area is 191 Å². The zero-order chi connectivity index (χ0) is 24.5. The van der Waals surface area contributed by atoms with Crippen LogP contribution in [-0.2, 0) is 6.42 Å². The van der Waals surface area contributed by atoms with Crippen LogP contribution >= 0.6 is 0 Å². The normalized spacial score (nSPS) is 11.6. The lowest BCUT2D eigenvalue weighted by Crippen LogP contribution is -2.17. The SMILES string of the molecule is C=CCCc1ccc2c(F)c(-c3ccc(-c4ccc(OC(F)(F)F)c(F)c4)c(F)c3)ccc2c1. The topological polar surface area (TPSA) is 9.23 Å². The lowest BCUT2D eigenvalue weighted by atomic mass is 9.96. The predicted molar refractivity (Wildman–Crippen MR) is 120 cm³/mol. The van der Waals surface area contributed by atoms with Crippen molar-refractivity contribution in [1.29, 1.82) is 0 Å². The summed E-state index contributed by atoms with van der Waals surface area (Å²) in [5, 5.41) is 1.11. The van der Waals surface area contributed by atoms with Gasteiger partial charge < -0.3 is 4.74 Å². The number of alkyl halides is 3. The fourth-order valence-electron chi connectivity index (χ4n) is 3.78. The minimum atomic E-state index is -5.05. The smallest absolute Gasteiger partial charge is 0.403 e. The van der Waals surface area contributed by atoms with Gasteiger partial charge in [0.05, 0.1) is 0 Å². The van der Waals surface area contributed by atoms with Gasteiger partial charge >= 0.3 is 6.36 Å². The summed E-state index contributed by atoms with van der Waals surface area (Å²) in [4.78, 5) is 0. The first-order valence-electron chi connectivity index (χ1n) is 10.3. The molecular formula is C27H18F6O. The monoisotopic (exact) mass is 472 g/mol. The summed E-state index contributed by atoms with van der Waals surface area (Å²) in [6.07, 6.45) is -1.64. The summed E-state index contributed by atoms with van der Waals surface area (Å²) >= 11 is 0. The quantitative estimate of drug-likeness (QED) is 0.202. The molecular weight excluding hydrogens is 454 g/mol. The number of halogens is 6. The number of benzene rings is 4. The Hall–Kier alpha value is -3.74. The molecule has 34 heavy (non-hydrogen) atoms. The fraction of sp³-hybridized carbons (Fsp3) is 0.111. The van der Waals surface area contributed by atoms with Crippen LogP contribution < -0.4 is 4.74 Å². The van der Waals surface area contributed by atoms with Gasteiger partial charge in [0.2, 0.25) is 0 Å². The van der Waals surface area contributed by atoms with Gasteiger partial charge in [0.25, 0.3) is 0 Å². The Kier molecular flexibility index (Phi) is 6.37. The highest BCUT2D eigenvalue weighted by Crippen LogP contribution is 2.34. The Morgan fingerprint density at radius 2 is 1.44 bits per heavy atom. The second kappa shape index (κ2) is 9.25. The van der Waals surface area contributed by atoms with Crippen molar-refractivity contribution >= 4 is 10.8 Å². The molecule has 174 valence electrons. The van der Waals surface area contributed by atoms with E-state index in [0.717, 1.165) is 48.1 Å². The molecule has 0 unspecified atom stereocenters.